The zero-order valence-electron chi connectivity index (χ0n) is 15.7. The zero-order valence-corrected chi connectivity index (χ0v) is 15.7. The molecule has 2 N–H and O–H groups in total. The van der Waals surface area contributed by atoms with Crippen molar-refractivity contribution in [2.45, 2.75) is 45.1 Å². The molecule has 1 aliphatic heterocycles. The average Bonchev–Trinajstić information content (AvgIpc) is 2.69. The molecule has 0 aromatic heterocycles. The number of aliphatic carboxylic acids is 1. The number of ether oxygens (including phenoxy) is 1. The van der Waals surface area contributed by atoms with Gasteiger partial charge in [-0.15, -0.1) is 0 Å². The van der Waals surface area contributed by atoms with Gasteiger partial charge in [0.05, 0.1) is 7.11 Å². The molecule has 7 heteroatoms. The maximum atomic E-state index is 12.5. The Hall–Kier alpha value is -2.41. The molecule has 26 heavy (non-hydrogen) atoms. The summed E-state index contributed by atoms with van der Waals surface area (Å²) in [5.74, 6) is -1.15. The van der Waals surface area contributed by atoms with Gasteiger partial charge in [-0.05, 0) is 38.1 Å². The van der Waals surface area contributed by atoms with Gasteiger partial charge in [0.25, 0.3) is 0 Å². The Kier molecular flexibility index (Phi) is 8.78. The van der Waals surface area contributed by atoms with Crippen LogP contribution in [0.2, 0.25) is 0 Å². The summed E-state index contributed by atoms with van der Waals surface area (Å²) in [6.45, 7) is 4.79. The fourth-order valence-corrected chi connectivity index (χ4v) is 2.91. The molecule has 1 aliphatic rings. The van der Waals surface area contributed by atoms with Crippen LogP contribution in [0.25, 0.3) is 0 Å². The highest BCUT2D eigenvalue weighted by Gasteiger charge is 2.48. The summed E-state index contributed by atoms with van der Waals surface area (Å²) in [6, 6.07) is 9.36. The van der Waals surface area contributed by atoms with E-state index in [1.165, 1.54) is 7.11 Å². The van der Waals surface area contributed by atoms with Gasteiger partial charge in [0.15, 0.2) is 0 Å². The minimum atomic E-state index is -0.908. The molecular weight excluding hydrogens is 336 g/mol. The second-order valence-corrected chi connectivity index (χ2v) is 5.94. The van der Waals surface area contributed by atoms with Crippen LogP contribution in [0.3, 0.4) is 0 Å². The highest BCUT2D eigenvalue weighted by Crippen LogP contribution is 2.33. The number of nitrogens with zero attached hydrogens (tertiary/aromatic N) is 1. The molecule has 0 radical (unpaired) electrons. The van der Waals surface area contributed by atoms with Crippen molar-refractivity contribution >= 4 is 23.5 Å². The van der Waals surface area contributed by atoms with Gasteiger partial charge in [0.2, 0.25) is 5.91 Å². The third-order valence-corrected chi connectivity index (χ3v) is 4.29. The van der Waals surface area contributed by atoms with Crippen LogP contribution in [0.15, 0.2) is 30.3 Å². The number of methoxy groups -OCH3 is 1. The molecule has 1 fully saturated rings. The zero-order chi connectivity index (χ0) is 19.6. The fourth-order valence-electron chi connectivity index (χ4n) is 2.91. The van der Waals surface area contributed by atoms with Crippen LogP contribution in [-0.4, -0.2) is 48.7 Å². The van der Waals surface area contributed by atoms with Crippen LogP contribution in [-0.2, 0) is 19.1 Å². The molecule has 1 saturated heterocycles. The van der Waals surface area contributed by atoms with E-state index in [-0.39, 0.29) is 18.3 Å². The van der Waals surface area contributed by atoms with Crippen molar-refractivity contribution in [2.75, 3.05) is 25.1 Å². The number of esters is 1. The van der Waals surface area contributed by atoms with E-state index in [1.807, 2.05) is 37.3 Å². The number of carbonyl (C=O) groups excluding carboxylic acids is 2. The highest BCUT2D eigenvalue weighted by molar-refractivity contribution is 6.02. The number of rotatable bonds is 5. The highest BCUT2D eigenvalue weighted by atomic mass is 16.5. The summed E-state index contributed by atoms with van der Waals surface area (Å²) in [5, 5.41) is 11.0. The Morgan fingerprint density at radius 1 is 1.12 bits per heavy atom. The van der Waals surface area contributed by atoms with E-state index in [2.05, 4.69) is 5.32 Å². The van der Waals surface area contributed by atoms with Crippen molar-refractivity contribution in [1.29, 1.82) is 0 Å². The first kappa shape index (κ1) is 21.6. The molecular formula is C19H28N2O5. The molecule has 0 spiro atoms. The number of carboxylic acids is 1. The minimum Gasteiger partial charge on any atom is -0.481 e. The summed E-state index contributed by atoms with van der Waals surface area (Å²) in [4.78, 5) is 36.0. The van der Waals surface area contributed by atoms with Crippen LogP contribution in [0.1, 0.15) is 39.5 Å². The molecule has 1 aromatic rings. The molecule has 1 amide bonds. The third-order valence-electron chi connectivity index (χ3n) is 4.29. The first-order valence-electron chi connectivity index (χ1n) is 8.82. The predicted octanol–water partition coefficient (Wildman–Crippen LogP) is 2.21. The van der Waals surface area contributed by atoms with Crippen molar-refractivity contribution in [2.24, 2.45) is 0 Å². The van der Waals surface area contributed by atoms with Crippen molar-refractivity contribution in [1.82, 2.24) is 5.32 Å². The molecule has 0 aliphatic carbocycles. The van der Waals surface area contributed by atoms with Crippen molar-refractivity contribution in [3.8, 4) is 0 Å². The molecule has 0 bridgehead atoms. The first-order chi connectivity index (χ1) is 12.4. The molecule has 1 heterocycles. The predicted molar refractivity (Wildman–Crippen MR) is 99.0 cm³/mol. The number of para-hydroxylation sites is 1. The number of hydrogen-bond acceptors (Lipinski definition) is 5. The summed E-state index contributed by atoms with van der Waals surface area (Å²) in [5.41, 5.74) is -0.161. The van der Waals surface area contributed by atoms with E-state index in [1.54, 1.807) is 11.8 Å². The lowest BCUT2D eigenvalue weighted by molar-refractivity contribution is -0.150. The summed E-state index contributed by atoms with van der Waals surface area (Å²) in [6.07, 6.45) is 1.68. The lowest BCUT2D eigenvalue weighted by Crippen LogP contribution is -2.62. The van der Waals surface area contributed by atoms with E-state index in [0.29, 0.717) is 32.4 Å². The lowest BCUT2D eigenvalue weighted by atomic mass is 9.85. The van der Waals surface area contributed by atoms with Crippen molar-refractivity contribution in [3.05, 3.63) is 30.3 Å². The van der Waals surface area contributed by atoms with Gasteiger partial charge in [0.1, 0.15) is 5.54 Å². The number of anilines is 1. The number of nitrogens with one attached hydrogen (secondary N) is 1. The van der Waals surface area contributed by atoms with E-state index in [4.69, 9.17) is 9.84 Å². The Bertz CT molecular complexity index is 597. The Balaban J connectivity index is 0.000000597. The average molecular weight is 364 g/mol. The molecule has 0 unspecified atom stereocenters. The molecule has 1 aromatic carbocycles. The number of amides is 1. The van der Waals surface area contributed by atoms with E-state index in [9.17, 15) is 14.4 Å². The summed E-state index contributed by atoms with van der Waals surface area (Å²) >= 11 is 0. The van der Waals surface area contributed by atoms with E-state index < -0.39 is 11.5 Å². The van der Waals surface area contributed by atoms with Crippen molar-refractivity contribution in [3.63, 3.8) is 0 Å². The Labute approximate surface area is 154 Å². The summed E-state index contributed by atoms with van der Waals surface area (Å²) < 4.78 is 5.03. The monoisotopic (exact) mass is 364 g/mol. The molecule has 7 nitrogen and oxygen atoms in total. The number of hydrogen-bond donors (Lipinski definition) is 2. The van der Waals surface area contributed by atoms with Crippen LogP contribution >= 0.6 is 0 Å². The van der Waals surface area contributed by atoms with Crippen LogP contribution in [0.5, 0.6) is 0 Å². The van der Waals surface area contributed by atoms with Crippen LogP contribution in [0.4, 0.5) is 5.69 Å². The number of carboxylic acid groups (broad SMARTS) is 1. The lowest BCUT2D eigenvalue weighted by Gasteiger charge is -2.44. The quantitative estimate of drug-likeness (QED) is 0.778. The third kappa shape index (κ3) is 5.29. The SMILES string of the molecule is CCC(=O)N(c1ccccc1)C1(C(=O)OC)CCNCC1.CCC(=O)O. The maximum Gasteiger partial charge on any atom is 0.332 e. The van der Waals surface area contributed by atoms with Gasteiger partial charge in [-0.25, -0.2) is 4.79 Å². The number of piperidine rings is 1. The second-order valence-electron chi connectivity index (χ2n) is 5.94. The largest absolute Gasteiger partial charge is 0.481 e. The van der Waals surface area contributed by atoms with Crippen molar-refractivity contribution < 1.29 is 24.2 Å². The standard InChI is InChI=1S/C16H22N2O3.C3H6O2/c1-3-14(19)18(13-7-5-4-6-8-13)16(15(20)21-2)9-11-17-12-10-16;1-2-3(4)5/h4-8,17H,3,9-12H2,1-2H3;2H2,1H3,(H,4,5). The second kappa shape index (κ2) is 10.6. The first-order valence-corrected chi connectivity index (χ1v) is 8.82. The van der Waals surface area contributed by atoms with Gasteiger partial charge in [-0.1, -0.05) is 32.0 Å². The molecule has 144 valence electrons. The Morgan fingerprint density at radius 2 is 1.65 bits per heavy atom. The Morgan fingerprint density at radius 3 is 2.08 bits per heavy atom. The topological polar surface area (TPSA) is 95.9 Å². The smallest absolute Gasteiger partial charge is 0.332 e. The summed E-state index contributed by atoms with van der Waals surface area (Å²) in [7, 11) is 1.38. The van der Waals surface area contributed by atoms with Gasteiger partial charge >= 0.3 is 11.9 Å². The van der Waals surface area contributed by atoms with Gasteiger partial charge in [0, 0.05) is 18.5 Å². The van der Waals surface area contributed by atoms with E-state index >= 15 is 0 Å². The van der Waals surface area contributed by atoms with Crippen LogP contribution < -0.4 is 10.2 Å². The number of benzene rings is 1. The normalized spacial score (nSPS) is 15.2. The van der Waals surface area contributed by atoms with E-state index in [0.717, 1.165) is 5.69 Å². The van der Waals surface area contributed by atoms with Gasteiger partial charge < -0.3 is 15.2 Å². The van der Waals surface area contributed by atoms with Gasteiger partial charge in [-0.2, -0.15) is 0 Å². The fraction of sp³-hybridized carbons (Fsp3) is 0.526. The maximum absolute atomic E-state index is 12.5. The molecule has 2 rings (SSSR count). The molecule has 0 atom stereocenters. The number of carbonyl (C=O) groups is 3. The molecule has 0 saturated carbocycles. The minimum absolute atomic E-state index is 0.0616. The van der Waals surface area contributed by atoms with Crippen LogP contribution in [0, 0.1) is 0 Å². The van der Waals surface area contributed by atoms with Gasteiger partial charge in [-0.3, -0.25) is 14.5 Å².